The van der Waals surface area contributed by atoms with E-state index in [1.54, 1.807) is 0 Å². The molecule has 0 heterocycles. The van der Waals surface area contributed by atoms with E-state index in [9.17, 15) is 4.79 Å². The Bertz CT molecular complexity index is 252. The molecular formula is C13H25NO2. The third-order valence-electron chi connectivity index (χ3n) is 4.16. The standard InChI is InChI=1S/C13H25NO2/c1-9(2)11-6-5-10(3)7-13(11,14-4)8-12(15)16/h9-11,14H,5-8H2,1-4H3,(H,15,16). The molecular weight excluding hydrogens is 202 g/mol. The van der Waals surface area contributed by atoms with E-state index in [4.69, 9.17) is 5.11 Å². The molecule has 0 aliphatic heterocycles. The second-order valence-electron chi connectivity index (χ2n) is 5.71. The Morgan fingerprint density at radius 3 is 2.56 bits per heavy atom. The number of hydrogen-bond acceptors (Lipinski definition) is 2. The first-order chi connectivity index (χ1) is 7.41. The smallest absolute Gasteiger partial charge is 0.305 e. The van der Waals surface area contributed by atoms with Crippen molar-refractivity contribution >= 4 is 5.97 Å². The van der Waals surface area contributed by atoms with Gasteiger partial charge < -0.3 is 10.4 Å². The first-order valence-electron chi connectivity index (χ1n) is 6.32. The molecule has 2 N–H and O–H groups in total. The van der Waals surface area contributed by atoms with Crippen LogP contribution < -0.4 is 5.32 Å². The molecule has 0 spiro atoms. The molecule has 1 saturated carbocycles. The van der Waals surface area contributed by atoms with Gasteiger partial charge in [0.05, 0.1) is 6.42 Å². The average Bonchev–Trinajstić information content (AvgIpc) is 2.16. The Labute approximate surface area is 98.6 Å². The van der Waals surface area contributed by atoms with E-state index >= 15 is 0 Å². The van der Waals surface area contributed by atoms with Crippen molar-refractivity contribution in [2.24, 2.45) is 17.8 Å². The Kier molecular flexibility index (Phi) is 4.36. The summed E-state index contributed by atoms with van der Waals surface area (Å²) >= 11 is 0. The third-order valence-corrected chi connectivity index (χ3v) is 4.16. The van der Waals surface area contributed by atoms with Gasteiger partial charge in [0.1, 0.15) is 0 Å². The predicted molar refractivity (Wildman–Crippen MR) is 65.4 cm³/mol. The average molecular weight is 227 g/mol. The molecule has 0 saturated heterocycles. The monoisotopic (exact) mass is 227 g/mol. The molecule has 0 amide bonds. The quantitative estimate of drug-likeness (QED) is 0.776. The van der Waals surface area contributed by atoms with Gasteiger partial charge in [-0.25, -0.2) is 0 Å². The molecule has 3 nitrogen and oxygen atoms in total. The van der Waals surface area contributed by atoms with Crippen LogP contribution in [0.15, 0.2) is 0 Å². The second kappa shape index (κ2) is 5.17. The van der Waals surface area contributed by atoms with Gasteiger partial charge in [0.15, 0.2) is 0 Å². The van der Waals surface area contributed by atoms with E-state index in [1.165, 1.54) is 6.42 Å². The Balaban J connectivity index is 2.92. The highest BCUT2D eigenvalue weighted by atomic mass is 16.4. The van der Waals surface area contributed by atoms with Crippen LogP contribution in [0.2, 0.25) is 0 Å². The summed E-state index contributed by atoms with van der Waals surface area (Å²) in [5.41, 5.74) is -0.197. The zero-order valence-electron chi connectivity index (χ0n) is 10.9. The van der Waals surface area contributed by atoms with Crippen molar-refractivity contribution in [3.63, 3.8) is 0 Å². The maximum Gasteiger partial charge on any atom is 0.305 e. The Hall–Kier alpha value is -0.570. The Morgan fingerprint density at radius 1 is 1.50 bits per heavy atom. The largest absolute Gasteiger partial charge is 0.481 e. The first-order valence-corrected chi connectivity index (χ1v) is 6.32. The van der Waals surface area contributed by atoms with Crippen LogP contribution in [-0.4, -0.2) is 23.7 Å². The van der Waals surface area contributed by atoms with Gasteiger partial charge in [-0.1, -0.05) is 27.2 Å². The number of carbonyl (C=O) groups is 1. The normalized spacial score (nSPS) is 35.3. The van der Waals surface area contributed by atoms with Crippen molar-refractivity contribution in [1.82, 2.24) is 5.32 Å². The van der Waals surface area contributed by atoms with Crippen molar-refractivity contribution in [1.29, 1.82) is 0 Å². The van der Waals surface area contributed by atoms with Gasteiger partial charge in [-0.15, -0.1) is 0 Å². The highest BCUT2D eigenvalue weighted by Gasteiger charge is 2.44. The predicted octanol–water partition coefficient (Wildman–Crippen LogP) is 2.51. The lowest BCUT2D eigenvalue weighted by molar-refractivity contribution is -0.140. The second-order valence-corrected chi connectivity index (χ2v) is 5.71. The van der Waals surface area contributed by atoms with Crippen molar-refractivity contribution < 1.29 is 9.90 Å². The molecule has 16 heavy (non-hydrogen) atoms. The van der Waals surface area contributed by atoms with Gasteiger partial charge >= 0.3 is 5.97 Å². The number of carboxylic acid groups (broad SMARTS) is 1. The number of carboxylic acids is 1. The summed E-state index contributed by atoms with van der Waals surface area (Å²) in [6, 6.07) is 0. The van der Waals surface area contributed by atoms with Crippen LogP contribution in [0.25, 0.3) is 0 Å². The molecule has 1 fully saturated rings. The highest BCUT2D eigenvalue weighted by Crippen LogP contribution is 2.42. The van der Waals surface area contributed by atoms with E-state index in [1.807, 2.05) is 7.05 Å². The summed E-state index contributed by atoms with van der Waals surface area (Å²) in [5, 5.41) is 12.4. The summed E-state index contributed by atoms with van der Waals surface area (Å²) in [6.07, 6.45) is 3.61. The molecule has 3 atom stereocenters. The lowest BCUT2D eigenvalue weighted by Crippen LogP contribution is -2.55. The van der Waals surface area contributed by atoms with Crippen LogP contribution in [0.3, 0.4) is 0 Å². The van der Waals surface area contributed by atoms with E-state index in [2.05, 4.69) is 26.1 Å². The molecule has 3 unspecified atom stereocenters. The van der Waals surface area contributed by atoms with Crippen LogP contribution in [-0.2, 0) is 4.79 Å². The summed E-state index contributed by atoms with van der Waals surface area (Å²) in [6.45, 7) is 6.63. The van der Waals surface area contributed by atoms with Crippen molar-refractivity contribution in [2.75, 3.05) is 7.05 Å². The summed E-state index contributed by atoms with van der Waals surface area (Å²) in [4.78, 5) is 11.1. The molecule has 1 aliphatic carbocycles. The minimum Gasteiger partial charge on any atom is -0.481 e. The highest BCUT2D eigenvalue weighted by molar-refractivity contribution is 5.68. The third kappa shape index (κ3) is 2.76. The molecule has 0 aromatic heterocycles. The van der Waals surface area contributed by atoms with E-state index in [0.717, 1.165) is 12.8 Å². The summed E-state index contributed by atoms with van der Waals surface area (Å²) < 4.78 is 0. The SMILES string of the molecule is CNC1(CC(=O)O)CC(C)CCC1C(C)C. The summed E-state index contributed by atoms with van der Waals surface area (Å²) in [5.74, 6) is 0.958. The molecule has 94 valence electrons. The summed E-state index contributed by atoms with van der Waals surface area (Å²) in [7, 11) is 1.91. The topological polar surface area (TPSA) is 49.3 Å². The van der Waals surface area contributed by atoms with Gasteiger partial charge in [0.25, 0.3) is 0 Å². The number of hydrogen-bond donors (Lipinski definition) is 2. The molecule has 0 bridgehead atoms. The molecule has 3 heteroatoms. The maximum absolute atomic E-state index is 11.1. The zero-order chi connectivity index (χ0) is 12.3. The lowest BCUT2D eigenvalue weighted by Gasteiger charge is -2.47. The minimum atomic E-state index is -0.686. The lowest BCUT2D eigenvalue weighted by atomic mass is 9.63. The fourth-order valence-corrected chi connectivity index (χ4v) is 3.44. The number of nitrogens with one attached hydrogen (secondary N) is 1. The van der Waals surface area contributed by atoms with Gasteiger partial charge in [-0.3, -0.25) is 4.79 Å². The number of rotatable bonds is 4. The van der Waals surface area contributed by atoms with Crippen LogP contribution in [0.4, 0.5) is 0 Å². The van der Waals surface area contributed by atoms with E-state index in [-0.39, 0.29) is 12.0 Å². The molecule has 0 aromatic rings. The zero-order valence-corrected chi connectivity index (χ0v) is 10.9. The van der Waals surface area contributed by atoms with Crippen LogP contribution in [0, 0.1) is 17.8 Å². The molecule has 0 aromatic carbocycles. The number of aliphatic carboxylic acids is 1. The van der Waals surface area contributed by atoms with Crippen molar-refractivity contribution in [3.05, 3.63) is 0 Å². The molecule has 0 radical (unpaired) electrons. The van der Waals surface area contributed by atoms with Gasteiger partial charge in [-0.2, -0.15) is 0 Å². The molecule has 1 aliphatic rings. The van der Waals surface area contributed by atoms with Crippen molar-refractivity contribution in [2.45, 2.75) is 52.0 Å². The van der Waals surface area contributed by atoms with Crippen LogP contribution in [0.1, 0.15) is 46.5 Å². The fourth-order valence-electron chi connectivity index (χ4n) is 3.44. The fraction of sp³-hybridized carbons (Fsp3) is 0.923. The Morgan fingerprint density at radius 2 is 2.12 bits per heavy atom. The van der Waals surface area contributed by atoms with Crippen LogP contribution in [0.5, 0.6) is 0 Å². The first kappa shape index (κ1) is 13.5. The van der Waals surface area contributed by atoms with Gasteiger partial charge in [-0.05, 0) is 37.6 Å². The van der Waals surface area contributed by atoms with Gasteiger partial charge in [0.2, 0.25) is 0 Å². The maximum atomic E-state index is 11.1. The van der Waals surface area contributed by atoms with E-state index in [0.29, 0.717) is 17.8 Å². The minimum absolute atomic E-state index is 0.197. The van der Waals surface area contributed by atoms with Crippen molar-refractivity contribution in [3.8, 4) is 0 Å². The van der Waals surface area contributed by atoms with E-state index < -0.39 is 5.97 Å². The van der Waals surface area contributed by atoms with Crippen LogP contribution >= 0.6 is 0 Å². The molecule has 1 rings (SSSR count). The van der Waals surface area contributed by atoms with Gasteiger partial charge in [0, 0.05) is 5.54 Å².